The number of carbonyl (C=O) groups is 1. The van der Waals surface area contributed by atoms with E-state index in [9.17, 15) is 9.90 Å². The second kappa shape index (κ2) is 8.45. The van der Waals surface area contributed by atoms with Crippen molar-refractivity contribution < 1.29 is 14.6 Å². The van der Waals surface area contributed by atoms with Crippen molar-refractivity contribution in [2.45, 2.75) is 37.3 Å². The Morgan fingerprint density at radius 2 is 1.62 bits per heavy atom. The standard InChI is InChI=1S/C21H26N2O3/c22-12-6-5-11-19(23)20(24)21(25)26-13-18-16-9-3-1-7-14(16)15-8-2-4-10-17(15)18/h1-4,7-10,18-20,24H,5-6,11-13,22-23H2. The summed E-state index contributed by atoms with van der Waals surface area (Å²) in [5.41, 5.74) is 16.0. The molecule has 2 atom stereocenters. The van der Waals surface area contributed by atoms with E-state index < -0.39 is 18.1 Å². The van der Waals surface area contributed by atoms with Gasteiger partial charge in [0.2, 0.25) is 0 Å². The van der Waals surface area contributed by atoms with Crippen molar-refractivity contribution in [1.82, 2.24) is 0 Å². The molecule has 0 bridgehead atoms. The minimum atomic E-state index is -1.31. The Morgan fingerprint density at radius 3 is 2.19 bits per heavy atom. The number of fused-ring (bicyclic) bond motifs is 3. The molecule has 1 aliphatic rings. The Morgan fingerprint density at radius 1 is 1.04 bits per heavy atom. The molecule has 0 saturated carbocycles. The number of hydrogen-bond acceptors (Lipinski definition) is 5. The zero-order chi connectivity index (χ0) is 18.5. The molecule has 0 amide bonds. The summed E-state index contributed by atoms with van der Waals surface area (Å²) in [4.78, 5) is 12.2. The Bertz CT molecular complexity index is 717. The first-order chi connectivity index (χ1) is 12.6. The quantitative estimate of drug-likeness (QED) is 0.498. The van der Waals surface area contributed by atoms with Crippen molar-refractivity contribution in [1.29, 1.82) is 0 Å². The highest BCUT2D eigenvalue weighted by atomic mass is 16.5. The van der Waals surface area contributed by atoms with Gasteiger partial charge < -0.3 is 21.3 Å². The highest BCUT2D eigenvalue weighted by Gasteiger charge is 2.31. The number of unbranched alkanes of at least 4 members (excludes halogenated alkanes) is 1. The molecule has 5 N–H and O–H groups in total. The summed E-state index contributed by atoms with van der Waals surface area (Å²) in [7, 11) is 0. The van der Waals surface area contributed by atoms with E-state index in [0.29, 0.717) is 13.0 Å². The highest BCUT2D eigenvalue weighted by Crippen LogP contribution is 2.44. The normalized spacial score (nSPS) is 15.2. The molecule has 2 aromatic carbocycles. The molecule has 0 aromatic heterocycles. The summed E-state index contributed by atoms with van der Waals surface area (Å²) >= 11 is 0. The van der Waals surface area contributed by atoms with Gasteiger partial charge in [0.05, 0.1) is 0 Å². The summed E-state index contributed by atoms with van der Waals surface area (Å²) in [6.07, 6.45) is 0.846. The van der Waals surface area contributed by atoms with Crippen LogP contribution in [0.3, 0.4) is 0 Å². The molecule has 0 heterocycles. The van der Waals surface area contributed by atoms with Gasteiger partial charge in [0.15, 0.2) is 6.10 Å². The Labute approximate surface area is 154 Å². The molecule has 0 spiro atoms. The van der Waals surface area contributed by atoms with Crippen LogP contribution in [0.2, 0.25) is 0 Å². The molecule has 0 aliphatic heterocycles. The molecule has 5 nitrogen and oxygen atoms in total. The Hall–Kier alpha value is -2.21. The van der Waals surface area contributed by atoms with E-state index in [1.54, 1.807) is 0 Å². The lowest BCUT2D eigenvalue weighted by atomic mass is 9.98. The fraction of sp³-hybridized carbons (Fsp3) is 0.381. The van der Waals surface area contributed by atoms with Crippen LogP contribution in [-0.4, -0.2) is 36.4 Å². The van der Waals surface area contributed by atoms with Gasteiger partial charge in [-0.05, 0) is 41.6 Å². The molecule has 0 radical (unpaired) electrons. The van der Waals surface area contributed by atoms with Crippen LogP contribution in [0.1, 0.15) is 36.3 Å². The lowest BCUT2D eigenvalue weighted by Crippen LogP contribution is -2.41. The summed E-state index contributed by atoms with van der Waals surface area (Å²) in [6, 6.07) is 15.6. The highest BCUT2D eigenvalue weighted by molar-refractivity contribution is 5.79. The molecule has 26 heavy (non-hydrogen) atoms. The fourth-order valence-electron chi connectivity index (χ4n) is 3.55. The molecular formula is C21H26N2O3. The molecule has 0 saturated heterocycles. The number of aliphatic hydroxyl groups excluding tert-OH is 1. The molecule has 1 aliphatic carbocycles. The van der Waals surface area contributed by atoms with Crippen LogP contribution in [0.4, 0.5) is 0 Å². The van der Waals surface area contributed by atoms with Crippen molar-refractivity contribution in [2.24, 2.45) is 11.5 Å². The van der Waals surface area contributed by atoms with Crippen molar-refractivity contribution in [3.05, 3.63) is 59.7 Å². The van der Waals surface area contributed by atoms with Crippen LogP contribution in [0.25, 0.3) is 11.1 Å². The van der Waals surface area contributed by atoms with Gasteiger partial charge in [-0.15, -0.1) is 0 Å². The predicted octanol–water partition coefficient (Wildman–Crippen LogP) is 2.16. The van der Waals surface area contributed by atoms with Crippen molar-refractivity contribution in [3.63, 3.8) is 0 Å². The second-order valence-corrected chi connectivity index (χ2v) is 6.75. The molecule has 0 fully saturated rings. The van der Waals surface area contributed by atoms with Gasteiger partial charge in [-0.1, -0.05) is 55.0 Å². The monoisotopic (exact) mass is 354 g/mol. The number of benzene rings is 2. The smallest absolute Gasteiger partial charge is 0.336 e. The van der Waals surface area contributed by atoms with E-state index in [1.165, 1.54) is 11.1 Å². The van der Waals surface area contributed by atoms with Crippen molar-refractivity contribution >= 4 is 5.97 Å². The van der Waals surface area contributed by atoms with Gasteiger partial charge in [0.1, 0.15) is 6.61 Å². The summed E-state index contributed by atoms with van der Waals surface area (Å²) in [6.45, 7) is 0.771. The summed E-state index contributed by atoms with van der Waals surface area (Å²) < 4.78 is 5.44. The third-order valence-corrected chi connectivity index (χ3v) is 4.99. The van der Waals surface area contributed by atoms with Crippen LogP contribution in [0, 0.1) is 0 Å². The van der Waals surface area contributed by atoms with Crippen molar-refractivity contribution in [3.8, 4) is 11.1 Å². The van der Waals surface area contributed by atoms with Gasteiger partial charge in [0, 0.05) is 12.0 Å². The van der Waals surface area contributed by atoms with E-state index in [4.69, 9.17) is 16.2 Å². The SMILES string of the molecule is NCCCCC(N)C(O)C(=O)OCC1c2ccccc2-c2ccccc21. The van der Waals surface area contributed by atoms with Crippen molar-refractivity contribution in [2.75, 3.05) is 13.2 Å². The van der Waals surface area contributed by atoms with E-state index in [0.717, 1.165) is 24.0 Å². The van der Waals surface area contributed by atoms with Gasteiger partial charge in [-0.25, -0.2) is 4.79 Å². The number of esters is 1. The molecule has 2 aromatic rings. The number of rotatable bonds is 8. The zero-order valence-corrected chi connectivity index (χ0v) is 14.8. The maximum Gasteiger partial charge on any atom is 0.336 e. The predicted molar refractivity (Wildman–Crippen MR) is 102 cm³/mol. The Kier molecular flexibility index (Phi) is 6.04. The molecular weight excluding hydrogens is 328 g/mol. The van der Waals surface area contributed by atoms with E-state index in [-0.39, 0.29) is 12.5 Å². The number of carbonyl (C=O) groups excluding carboxylic acids is 1. The van der Waals surface area contributed by atoms with Gasteiger partial charge in [0.25, 0.3) is 0 Å². The van der Waals surface area contributed by atoms with Crippen LogP contribution in [-0.2, 0) is 9.53 Å². The first kappa shape index (κ1) is 18.6. The topological polar surface area (TPSA) is 98.6 Å². The van der Waals surface area contributed by atoms with Crippen LogP contribution in [0.15, 0.2) is 48.5 Å². The van der Waals surface area contributed by atoms with Gasteiger partial charge in [-0.3, -0.25) is 0 Å². The van der Waals surface area contributed by atoms with Crippen LogP contribution >= 0.6 is 0 Å². The largest absolute Gasteiger partial charge is 0.463 e. The summed E-state index contributed by atoms with van der Waals surface area (Å²) in [5.74, 6) is -0.681. The van der Waals surface area contributed by atoms with E-state index >= 15 is 0 Å². The lowest BCUT2D eigenvalue weighted by Gasteiger charge is -2.19. The second-order valence-electron chi connectivity index (χ2n) is 6.75. The molecule has 138 valence electrons. The summed E-state index contributed by atoms with van der Waals surface area (Å²) in [5, 5.41) is 10.1. The maximum atomic E-state index is 12.2. The lowest BCUT2D eigenvalue weighted by molar-refractivity contribution is -0.155. The average Bonchev–Trinajstić information content (AvgIpc) is 2.99. The third kappa shape index (κ3) is 3.80. The number of nitrogens with two attached hydrogens (primary N) is 2. The first-order valence-corrected chi connectivity index (χ1v) is 9.12. The molecule has 3 rings (SSSR count). The van der Waals surface area contributed by atoms with E-state index in [2.05, 4.69) is 24.3 Å². The first-order valence-electron chi connectivity index (χ1n) is 9.12. The van der Waals surface area contributed by atoms with Crippen LogP contribution in [0.5, 0.6) is 0 Å². The van der Waals surface area contributed by atoms with E-state index in [1.807, 2.05) is 24.3 Å². The molecule has 2 unspecified atom stereocenters. The molecule has 5 heteroatoms. The Balaban J connectivity index is 1.65. The fourth-order valence-corrected chi connectivity index (χ4v) is 3.55. The average molecular weight is 354 g/mol. The minimum Gasteiger partial charge on any atom is -0.463 e. The van der Waals surface area contributed by atoms with Gasteiger partial charge in [-0.2, -0.15) is 0 Å². The minimum absolute atomic E-state index is 0.0213. The zero-order valence-electron chi connectivity index (χ0n) is 14.8. The van der Waals surface area contributed by atoms with Crippen LogP contribution < -0.4 is 11.5 Å². The van der Waals surface area contributed by atoms with Gasteiger partial charge >= 0.3 is 5.97 Å². The third-order valence-electron chi connectivity index (χ3n) is 4.99. The number of aliphatic hydroxyl groups is 1. The number of hydrogen-bond donors (Lipinski definition) is 3. The maximum absolute atomic E-state index is 12.2. The number of ether oxygens (including phenoxy) is 1.